The summed E-state index contributed by atoms with van der Waals surface area (Å²) in [6.07, 6.45) is 5.57. The fraction of sp³-hybridized carbons (Fsp3) is 0.700. The van der Waals surface area contributed by atoms with E-state index in [-0.39, 0.29) is 0 Å². The molecule has 1 unspecified atom stereocenters. The number of nitrogens with zero attached hydrogens (tertiary/aromatic N) is 1. The normalized spacial score (nSPS) is 23.3. The number of aromatic nitrogens is 2. The summed E-state index contributed by atoms with van der Waals surface area (Å²) in [5.74, 6) is 1.77. The van der Waals surface area contributed by atoms with Crippen LogP contribution in [0.15, 0.2) is 6.20 Å². The van der Waals surface area contributed by atoms with Crippen molar-refractivity contribution in [3.05, 3.63) is 17.7 Å². The lowest BCUT2D eigenvalue weighted by Crippen LogP contribution is -2.28. The SMILES string of the molecule is CCc1ncc(C2CCCNC2)[nH]1. The van der Waals surface area contributed by atoms with Crippen LogP contribution in [0.25, 0.3) is 0 Å². The van der Waals surface area contributed by atoms with Gasteiger partial charge in [-0.1, -0.05) is 6.92 Å². The van der Waals surface area contributed by atoms with Gasteiger partial charge in [0.25, 0.3) is 0 Å². The highest BCUT2D eigenvalue weighted by atomic mass is 14.9. The predicted octanol–water partition coefficient (Wildman–Crippen LogP) is 1.44. The van der Waals surface area contributed by atoms with Crippen LogP contribution in [-0.2, 0) is 6.42 Å². The summed E-state index contributed by atoms with van der Waals surface area (Å²) in [6, 6.07) is 0. The van der Waals surface area contributed by atoms with Crippen molar-refractivity contribution in [3.63, 3.8) is 0 Å². The molecule has 0 saturated carbocycles. The first-order chi connectivity index (χ1) is 6.40. The minimum Gasteiger partial charge on any atom is -0.346 e. The van der Waals surface area contributed by atoms with E-state index in [9.17, 15) is 0 Å². The first-order valence-electron chi connectivity index (χ1n) is 5.14. The first-order valence-corrected chi connectivity index (χ1v) is 5.14. The Morgan fingerprint density at radius 2 is 2.54 bits per heavy atom. The highest BCUT2D eigenvalue weighted by molar-refractivity contribution is 5.09. The molecule has 3 heteroatoms. The molecule has 2 heterocycles. The second-order valence-corrected chi connectivity index (χ2v) is 3.68. The molecule has 1 fully saturated rings. The maximum atomic E-state index is 4.33. The van der Waals surface area contributed by atoms with Crippen LogP contribution in [0.3, 0.4) is 0 Å². The predicted molar refractivity (Wildman–Crippen MR) is 52.8 cm³/mol. The molecule has 1 aromatic rings. The summed E-state index contributed by atoms with van der Waals surface area (Å²) >= 11 is 0. The number of aromatic amines is 1. The fourth-order valence-corrected chi connectivity index (χ4v) is 1.88. The third kappa shape index (κ3) is 1.91. The maximum absolute atomic E-state index is 4.33. The van der Waals surface area contributed by atoms with Gasteiger partial charge in [0.05, 0.1) is 0 Å². The fourth-order valence-electron chi connectivity index (χ4n) is 1.88. The Bertz CT molecular complexity index is 261. The standard InChI is InChI=1S/C10H17N3/c1-2-10-12-7-9(13-10)8-4-3-5-11-6-8/h7-8,11H,2-6H2,1H3,(H,12,13). The van der Waals surface area contributed by atoms with Gasteiger partial charge in [-0.3, -0.25) is 0 Å². The monoisotopic (exact) mass is 179 g/mol. The van der Waals surface area contributed by atoms with Crippen molar-refractivity contribution in [2.24, 2.45) is 0 Å². The Hall–Kier alpha value is -0.830. The third-order valence-electron chi connectivity index (χ3n) is 2.72. The van der Waals surface area contributed by atoms with Crippen LogP contribution in [0.1, 0.15) is 37.2 Å². The van der Waals surface area contributed by atoms with Crippen molar-refractivity contribution < 1.29 is 0 Å². The summed E-state index contributed by atoms with van der Waals surface area (Å²) in [7, 11) is 0. The molecule has 0 spiro atoms. The number of rotatable bonds is 2. The van der Waals surface area contributed by atoms with Crippen LogP contribution in [0.5, 0.6) is 0 Å². The van der Waals surface area contributed by atoms with Gasteiger partial charge >= 0.3 is 0 Å². The van der Waals surface area contributed by atoms with Crippen molar-refractivity contribution in [2.45, 2.75) is 32.1 Å². The molecular formula is C10H17N3. The lowest BCUT2D eigenvalue weighted by atomic mass is 9.97. The number of hydrogen-bond donors (Lipinski definition) is 2. The molecule has 1 aromatic heterocycles. The molecule has 1 aliphatic rings. The number of nitrogens with one attached hydrogen (secondary N) is 2. The van der Waals surface area contributed by atoms with Crippen LogP contribution >= 0.6 is 0 Å². The Morgan fingerprint density at radius 3 is 3.15 bits per heavy atom. The largest absolute Gasteiger partial charge is 0.346 e. The van der Waals surface area contributed by atoms with Gasteiger partial charge in [-0.2, -0.15) is 0 Å². The summed E-state index contributed by atoms with van der Waals surface area (Å²) in [6.45, 7) is 4.40. The molecule has 0 bridgehead atoms. The van der Waals surface area contributed by atoms with Crippen molar-refractivity contribution in [1.29, 1.82) is 0 Å². The average Bonchev–Trinajstić information content (AvgIpc) is 2.67. The van der Waals surface area contributed by atoms with E-state index in [1.165, 1.54) is 25.1 Å². The van der Waals surface area contributed by atoms with Gasteiger partial charge < -0.3 is 10.3 Å². The van der Waals surface area contributed by atoms with E-state index >= 15 is 0 Å². The summed E-state index contributed by atoms with van der Waals surface area (Å²) in [4.78, 5) is 7.71. The number of hydrogen-bond acceptors (Lipinski definition) is 2. The van der Waals surface area contributed by atoms with E-state index in [2.05, 4.69) is 22.2 Å². The summed E-state index contributed by atoms with van der Waals surface area (Å²) < 4.78 is 0. The van der Waals surface area contributed by atoms with Crippen molar-refractivity contribution in [3.8, 4) is 0 Å². The van der Waals surface area contributed by atoms with E-state index in [1.54, 1.807) is 0 Å². The van der Waals surface area contributed by atoms with Crippen LogP contribution in [0.4, 0.5) is 0 Å². The lowest BCUT2D eigenvalue weighted by Gasteiger charge is -2.21. The molecule has 0 amide bonds. The lowest BCUT2D eigenvalue weighted by molar-refractivity contribution is 0.455. The van der Waals surface area contributed by atoms with Crippen LogP contribution in [-0.4, -0.2) is 23.1 Å². The van der Waals surface area contributed by atoms with Crippen LogP contribution < -0.4 is 5.32 Å². The van der Waals surface area contributed by atoms with E-state index in [0.29, 0.717) is 5.92 Å². The van der Waals surface area contributed by atoms with Gasteiger partial charge in [0.2, 0.25) is 0 Å². The van der Waals surface area contributed by atoms with Gasteiger partial charge in [0.1, 0.15) is 5.82 Å². The highest BCUT2D eigenvalue weighted by Crippen LogP contribution is 2.21. The summed E-state index contributed by atoms with van der Waals surface area (Å²) in [5, 5.41) is 3.41. The van der Waals surface area contributed by atoms with Gasteiger partial charge in [0, 0.05) is 30.8 Å². The molecule has 0 aliphatic carbocycles. The number of imidazole rings is 1. The molecule has 13 heavy (non-hydrogen) atoms. The molecule has 1 saturated heterocycles. The Morgan fingerprint density at radius 1 is 1.62 bits per heavy atom. The van der Waals surface area contributed by atoms with E-state index in [0.717, 1.165) is 18.8 Å². The van der Waals surface area contributed by atoms with Crippen molar-refractivity contribution >= 4 is 0 Å². The van der Waals surface area contributed by atoms with Gasteiger partial charge in [-0.15, -0.1) is 0 Å². The molecule has 2 rings (SSSR count). The third-order valence-corrected chi connectivity index (χ3v) is 2.72. The van der Waals surface area contributed by atoms with E-state index in [1.807, 2.05) is 6.20 Å². The maximum Gasteiger partial charge on any atom is 0.105 e. The Balaban J connectivity index is 2.05. The van der Waals surface area contributed by atoms with Gasteiger partial charge in [-0.25, -0.2) is 4.98 Å². The molecule has 2 N–H and O–H groups in total. The number of aryl methyl sites for hydroxylation is 1. The first kappa shape index (κ1) is 8.75. The minimum atomic E-state index is 0.654. The molecule has 72 valence electrons. The second kappa shape index (κ2) is 3.92. The Labute approximate surface area is 79.0 Å². The van der Waals surface area contributed by atoms with E-state index in [4.69, 9.17) is 0 Å². The molecular weight excluding hydrogens is 162 g/mol. The van der Waals surface area contributed by atoms with Crippen molar-refractivity contribution in [1.82, 2.24) is 15.3 Å². The van der Waals surface area contributed by atoms with Crippen molar-refractivity contribution in [2.75, 3.05) is 13.1 Å². The zero-order valence-electron chi connectivity index (χ0n) is 8.14. The smallest absolute Gasteiger partial charge is 0.105 e. The minimum absolute atomic E-state index is 0.654. The quantitative estimate of drug-likeness (QED) is 0.721. The van der Waals surface area contributed by atoms with E-state index < -0.39 is 0 Å². The average molecular weight is 179 g/mol. The number of H-pyrrole nitrogens is 1. The van der Waals surface area contributed by atoms with Gasteiger partial charge in [0.15, 0.2) is 0 Å². The second-order valence-electron chi connectivity index (χ2n) is 3.68. The topological polar surface area (TPSA) is 40.7 Å². The van der Waals surface area contributed by atoms with Crippen LogP contribution in [0.2, 0.25) is 0 Å². The Kier molecular flexibility index (Phi) is 2.64. The molecule has 1 aliphatic heterocycles. The van der Waals surface area contributed by atoms with Gasteiger partial charge in [-0.05, 0) is 19.4 Å². The van der Waals surface area contributed by atoms with Crippen LogP contribution in [0, 0.1) is 0 Å². The number of piperidine rings is 1. The zero-order chi connectivity index (χ0) is 9.10. The summed E-state index contributed by atoms with van der Waals surface area (Å²) in [5.41, 5.74) is 1.31. The molecule has 1 atom stereocenters. The molecule has 3 nitrogen and oxygen atoms in total. The highest BCUT2D eigenvalue weighted by Gasteiger charge is 2.16. The zero-order valence-corrected chi connectivity index (χ0v) is 8.14. The molecule has 0 aromatic carbocycles. The molecule has 0 radical (unpaired) electrons.